The first kappa shape index (κ1) is 25.1. The number of halogens is 4. The molecule has 0 radical (unpaired) electrons. The average Bonchev–Trinajstić information content (AvgIpc) is 3.31. The van der Waals surface area contributed by atoms with E-state index in [0.717, 1.165) is 39.6 Å². The summed E-state index contributed by atoms with van der Waals surface area (Å²) in [5.41, 5.74) is 4.98. The molecule has 0 atom stereocenters. The molecule has 38 heavy (non-hydrogen) atoms. The number of aryl methyl sites for hydroxylation is 2. The summed E-state index contributed by atoms with van der Waals surface area (Å²) in [6.45, 7) is 3.97. The van der Waals surface area contributed by atoms with Crippen molar-refractivity contribution in [3.63, 3.8) is 0 Å². The van der Waals surface area contributed by atoms with Crippen LogP contribution in [0.3, 0.4) is 0 Å². The number of hydrogen-bond acceptors (Lipinski definition) is 3. The molecule has 9 heteroatoms. The number of fused-ring (bicyclic) bond motifs is 1. The highest BCUT2D eigenvalue weighted by atomic mass is 19.4. The lowest BCUT2D eigenvalue weighted by Crippen LogP contribution is -2.14. The van der Waals surface area contributed by atoms with Gasteiger partial charge in [-0.1, -0.05) is 19.1 Å². The van der Waals surface area contributed by atoms with Gasteiger partial charge in [-0.05, 0) is 78.1 Å². The molecular weight excluding hydrogens is 496 g/mol. The summed E-state index contributed by atoms with van der Waals surface area (Å²) < 4.78 is 55.1. The van der Waals surface area contributed by atoms with Gasteiger partial charge in [0.1, 0.15) is 5.82 Å². The van der Waals surface area contributed by atoms with Crippen molar-refractivity contribution in [3.05, 3.63) is 107 Å². The highest BCUT2D eigenvalue weighted by Crippen LogP contribution is 2.33. The number of nitrogens with zero attached hydrogens (tertiary/aromatic N) is 3. The maximum atomic E-state index is 13.8. The fraction of sp³-hybridized carbons (Fsp3) is 0.138. The molecule has 0 saturated heterocycles. The molecule has 1 N–H and O–H groups in total. The highest BCUT2D eigenvalue weighted by molar-refractivity contribution is 6.05. The van der Waals surface area contributed by atoms with Crippen molar-refractivity contribution in [2.45, 2.75) is 26.4 Å². The van der Waals surface area contributed by atoms with Gasteiger partial charge in [-0.25, -0.2) is 9.37 Å². The number of amides is 1. The zero-order chi connectivity index (χ0) is 27.0. The molecule has 2 heterocycles. The van der Waals surface area contributed by atoms with Crippen LogP contribution in [-0.4, -0.2) is 20.3 Å². The number of aromatic nitrogens is 3. The van der Waals surface area contributed by atoms with E-state index in [2.05, 4.69) is 15.3 Å². The number of hydrogen-bond donors (Lipinski definition) is 1. The van der Waals surface area contributed by atoms with Crippen LogP contribution in [0.5, 0.6) is 0 Å². The van der Waals surface area contributed by atoms with Crippen LogP contribution in [0, 0.1) is 12.7 Å². The largest absolute Gasteiger partial charge is 0.416 e. The maximum absolute atomic E-state index is 13.8. The summed E-state index contributed by atoms with van der Waals surface area (Å²) >= 11 is 0. The highest BCUT2D eigenvalue weighted by Gasteiger charge is 2.31. The van der Waals surface area contributed by atoms with Crippen molar-refractivity contribution >= 4 is 17.2 Å². The molecule has 0 unspecified atom stereocenters. The van der Waals surface area contributed by atoms with Crippen molar-refractivity contribution in [1.82, 2.24) is 14.4 Å². The SMILES string of the molecule is CCc1ccc(C(=O)Nc2cc(F)cc(C(F)(F)F)c2)cc1-c1cc(C)cc(-c2cnc3cnccn23)c1. The van der Waals surface area contributed by atoms with Crippen molar-refractivity contribution in [1.29, 1.82) is 0 Å². The average molecular weight is 519 g/mol. The van der Waals surface area contributed by atoms with Gasteiger partial charge >= 0.3 is 6.18 Å². The monoisotopic (exact) mass is 518 g/mol. The van der Waals surface area contributed by atoms with Crippen molar-refractivity contribution < 1.29 is 22.4 Å². The van der Waals surface area contributed by atoms with Crippen LogP contribution >= 0.6 is 0 Å². The van der Waals surface area contributed by atoms with Gasteiger partial charge in [-0.2, -0.15) is 13.2 Å². The molecular formula is C29H22F4N4O. The first-order valence-corrected chi connectivity index (χ1v) is 11.8. The molecule has 0 aliphatic carbocycles. The number of anilines is 1. The fourth-order valence-corrected chi connectivity index (χ4v) is 4.47. The molecule has 0 fully saturated rings. The van der Waals surface area contributed by atoms with Crippen molar-refractivity contribution in [3.8, 4) is 22.4 Å². The van der Waals surface area contributed by atoms with Crippen LogP contribution in [0.25, 0.3) is 28.0 Å². The topological polar surface area (TPSA) is 59.3 Å². The predicted octanol–water partition coefficient (Wildman–Crippen LogP) is 7.34. The van der Waals surface area contributed by atoms with Gasteiger partial charge in [0, 0.05) is 29.2 Å². The minimum Gasteiger partial charge on any atom is -0.322 e. The molecule has 1 amide bonds. The van der Waals surface area contributed by atoms with E-state index < -0.39 is 23.5 Å². The Balaban J connectivity index is 1.53. The Bertz CT molecular complexity index is 1670. The van der Waals surface area contributed by atoms with Crippen LogP contribution in [0.2, 0.25) is 0 Å². The zero-order valence-corrected chi connectivity index (χ0v) is 20.5. The van der Waals surface area contributed by atoms with E-state index in [4.69, 9.17) is 0 Å². The molecule has 192 valence electrons. The maximum Gasteiger partial charge on any atom is 0.416 e. The van der Waals surface area contributed by atoms with E-state index in [9.17, 15) is 22.4 Å². The Morgan fingerprint density at radius 1 is 1.00 bits per heavy atom. The number of rotatable bonds is 5. The van der Waals surface area contributed by atoms with Crippen molar-refractivity contribution in [2.24, 2.45) is 0 Å². The van der Waals surface area contributed by atoms with Gasteiger partial charge in [-0.15, -0.1) is 0 Å². The van der Waals surface area contributed by atoms with Gasteiger partial charge in [0.2, 0.25) is 0 Å². The van der Waals surface area contributed by atoms with Crippen LogP contribution in [0.4, 0.5) is 23.2 Å². The summed E-state index contributed by atoms with van der Waals surface area (Å²) in [5.74, 6) is -1.73. The second-order valence-electron chi connectivity index (χ2n) is 8.94. The molecule has 5 nitrogen and oxygen atoms in total. The second kappa shape index (κ2) is 9.74. The Morgan fingerprint density at radius 3 is 2.55 bits per heavy atom. The van der Waals surface area contributed by atoms with Gasteiger partial charge in [-0.3, -0.25) is 14.2 Å². The molecule has 0 aliphatic heterocycles. The lowest BCUT2D eigenvalue weighted by Gasteiger charge is -2.14. The van der Waals surface area contributed by atoms with E-state index in [1.807, 2.05) is 48.7 Å². The molecule has 0 spiro atoms. The number of alkyl halides is 3. The standard InChI is InChI=1S/C29H22F4N4O/c1-3-18-4-5-19(28(38)36-24-13-22(29(31,32)33)12-23(30)14-24)11-25(18)20-8-17(2)9-21(10-20)26-15-35-27-16-34-6-7-37(26)27/h4-16H,3H2,1-2H3,(H,36,38). The van der Waals surface area contributed by atoms with E-state index >= 15 is 0 Å². The van der Waals surface area contributed by atoms with E-state index in [1.165, 1.54) is 0 Å². The fourth-order valence-electron chi connectivity index (χ4n) is 4.47. The lowest BCUT2D eigenvalue weighted by atomic mass is 9.92. The number of imidazole rings is 1. The Morgan fingerprint density at radius 2 is 1.79 bits per heavy atom. The zero-order valence-electron chi connectivity index (χ0n) is 20.5. The Kier molecular flexibility index (Phi) is 6.44. The van der Waals surface area contributed by atoms with E-state index in [0.29, 0.717) is 24.2 Å². The molecule has 5 aromatic rings. The first-order chi connectivity index (χ1) is 18.1. The summed E-state index contributed by atoms with van der Waals surface area (Å²) in [4.78, 5) is 21.5. The Hall–Kier alpha value is -4.53. The molecule has 5 rings (SSSR count). The second-order valence-corrected chi connectivity index (χ2v) is 8.94. The lowest BCUT2D eigenvalue weighted by molar-refractivity contribution is -0.137. The normalized spacial score (nSPS) is 11.6. The van der Waals surface area contributed by atoms with E-state index in [-0.39, 0.29) is 11.3 Å². The third-order valence-electron chi connectivity index (χ3n) is 6.24. The minimum atomic E-state index is -4.74. The summed E-state index contributed by atoms with van der Waals surface area (Å²) in [6.07, 6.45) is 2.92. The van der Waals surface area contributed by atoms with Gasteiger partial charge in [0.25, 0.3) is 5.91 Å². The van der Waals surface area contributed by atoms with Gasteiger partial charge < -0.3 is 5.32 Å². The van der Waals surface area contributed by atoms with Crippen LogP contribution < -0.4 is 5.32 Å². The quantitative estimate of drug-likeness (QED) is 0.248. The summed E-state index contributed by atoms with van der Waals surface area (Å²) in [6, 6.07) is 13.1. The van der Waals surface area contributed by atoms with Crippen LogP contribution in [0.1, 0.15) is 34.0 Å². The molecule has 3 aromatic carbocycles. The van der Waals surface area contributed by atoms with Crippen molar-refractivity contribution in [2.75, 3.05) is 5.32 Å². The number of carbonyl (C=O) groups excluding carboxylic acids is 1. The van der Waals surface area contributed by atoms with Crippen LogP contribution in [0.15, 0.2) is 79.4 Å². The molecule has 2 aromatic heterocycles. The molecule has 0 bridgehead atoms. The number of nitrogens with one attached hydrogen (secondary N) is 1. The third-order valence-corrected chi connectivity index (χ3v) is 6.24. The van der Waals surface area contributed by atoms with E-state index in [1.54, 1.807) is 30.7 Å². The summed E-state index contributed by atoms with van der Waals surface area (Å²) in [5, 5.41) is 2.40. The van der Waals surface area contributed by atoms with Crippen LogP contribution in [-0.2, 0) is 12.6 Å². The summed E-state index contributed by atoms with van der Waals surface area (Å²) in [7, 11) is 0. The van der Waals surface area contributed by atoms with Gasteiger partial charge in [0.05, 0.1) is 23.7 Å². The van der Waals surface area contributed by atoms with Gasteiger partial charge in [0.15, 0.2) is 5.65 Å². The molecule has 0 aliphatic rings. The molecule has 0 saturated carbocycles. The minimum absolute atomic E-state index is 0.235. The number of benzene rings is 3. The number of carbonyl (C=O) groups is 1. The first-order valence-electron chi connectivity index (χ1n) is 11.8. The smallest absolute Gasteiger partial charge is 0.322 e. The predicted molar refractivity (Wildman–Crippen MR) is 137 cm³/mol. The third kappa shape index (κ3) is 5.00. The Labute approximate surface area is 215 Å².